The van der Waals surface area contributed by atoms with Gasteiger partial charge in [-0.2, -0.15) is 5.10 Å². The summed E-state index contributed by atoms with van der Waals surface area (Å²) in [5, 5.41) is 14.1. The van der Waals surface area contributed by atoms with Gasteiger partial charge in [-0.15, -0.1) is 0 Å². The Morgan fingerprint density at radius 2 is 1.69 bits per heavy atom. The van der Waals surface area contributed by atoms with Crippen LogP contribution < -0.4 is 14.8 Å². The Bertz CT molecular complexity index is 2020. The standard InChI is InChI=1S/C38H46N8O5/c1-22(2)46-27-12-15-39-35(40-19-23-8-11-28(48-6)29(18-23)49-7)30(27)32(43-46)33-31(34(51-44-33)25-9-10-25)36-41-20-26(21-42-36)24-13-16-45(17-14-24)37(47)50-38(3,4)5/h8,11-12,15,18,20-22,24-25H,9-10,13-14,16-17,19H2,1-7H3,(H,39,40). The van der Waals surface area contributed by atoms with Crippen LogP contribution in [0.25, 0.3) is 33.7 Å². The number of methoxy groups -OCH3 is 2. The number of pyridine rings is 1. The number of rotatable bonds is 10. The molecule has 1 amide bonds. The molecule has 2 fully saturated rings. The molecule has 2 aliphatic rings. The lowest BCUT2D eigenvalue weighted by molar-refractivity contribution is 0.0204. The molecule has 0 unspecified atom stereocenters. The van der Waals surface area contributed by atoms with Crippen LogP contribution in [0.4, 0.5) is 10.6 Å². The second-order valence-corrected chi connectivity index (χ2v) is 14.6. The highest BCUT2D eigenvalue weighted by Gasteiger charge is 2.36. The topological polar surface area (TPSA) is 143 Å². The fourth-order valence-corrected chi connectivity index (χ4v) is 6.66. The molecule has 268 valence electrons. The number of hydrogen-bond acceptors (Lipinski definition) is 11. The van der Waals surface area contributed by atoms with Gasteiger partial charge in [-0.05, 0) is 95.5 Å². The molecule has 13 heteroatoms. The summed E-state index contributed by atoms with van der Waals surface area (Å²) in [7, 11) is 3.25. The van der Waals surface area contributed by atoms with E-state index in [0.717, 1.165) is 59.0 Å². The van der Waals surface area contributed by atoms with Crippen molar-refractivity contribution in [2.24, 2.45) is 0 Å². The van der Waals surface area contributed by atoms with Crippen molar-refractivity contribution < 1.29 is 23.5 Å². The van der Waals surface area contributed by atoms with Gasteiger partial charge in [-0.3, -0.25) is 4.68 Å². The number of aromatic nitrogens is 6. The summed E-state index contributed by atoms with van der Waals surface area (Å²) in [5.74, 6) is 3.87. The van der Waals surface area contributed by atoms with E-state index in [9.17, 15) is 4.79 Å². The number of piperidine rings is 1. The van der Waals surface area contributed by atoms with Gasteiger partial charge >= 0.3 is 6.09 Å². The molecule has 1 aliphatic carbocycles. The van der Waals surface area contributed by atoms with E-state index in [1.807, 2.05) is 62.1 Å². The first-order chi connectivity index (χ1) is 24.5. The van der Waals surface area contributed by atoms with Gasteiger partial charge in [-0.25, -0.2) is 19.7 Å². The minimum atomic E-state index is -0.516. The van der Waals surface area contributed by atoms with Crippen molar-refractivity contribution in [3.63, 3.8) is 0 Å². The second kappa shape index (κ2) is 13.8. The van der Waals surface area contributed by atoms with E-state index in [1.165, 1.54) is 0 Å². The van der Waals surface area contributed by atoms with Gasteiger partial charge in [0, 0.05) is 50.2 Å². The van der Waals surface area contributed by atoms with Gasteiger partial charge < -0.3 is 29.0 Å². The number of nitrogens with zero attached hydrogens (tertiary/aromatic N) is 7. The fourth-order valence-electron chi connectivity index (χ4n) is 6.66. The Morgan fingerprint density at radius 1 is 0.961 bits per heavy atom. The molecular weight excluding hydrogens is 648 g/mol. The third-order valence-corrected chi connectivity index (χ3v) is 9.42. The molecule has 5 heterocycles. The van der Waals surface area contributed by atoms with Crippen molar-refractivity contribution in [2.75, 3.05) is 32.6 Å². The maximum Gasteiger partial charge on any atom is 0.410 e. The van der Waals surface area contributed by atoms with Gasteiger partial charge in [0.05, 0.1) is 30.7 Å². The van der Waals surface area contributed by atoms with Crippen molar-refractivity contribution in [1.29, 1.82) is 0 Å². The lowest BCUT2D eigenvalue weighted by Gasteiger charge is -2.33. The summed E-state index contributed by atoms with van der Waals surface area (Å²) in [6.45, 7) is 11.6. The van der Waals surface area contributed by atoms with E-state index in [4.69, 9.17) is 38.8 Å². The lowest BCUT2D eigenvalue weighted by atomic mass is 9.91. The zero-order valence-corrected chi connectivity index (χ0v) is 30.4. The molecule has 1 aromatic carbocycles. The predicted octanol–water partition coefficient (Wildman–Crippen LogP) is 7.75. The molecule has 1 aliphatic heterocycles. The lowest BCUT2D eigenvalue weighted by Crippen LogP contribution is -2.41. The summed E-state index contributed by atoms with van der Waals surface area (Å²) in [6.07, 6.45) is 9.04. The first kappa shape index (κ1) is 34.3. The number of carbonyl (C=O) groups excluding carboxylic acids is 1. The summed E-state index contributed by atoms with van der Waals surface area (Å²) in [6, 6.07) is 7.90. The number of amides is 1. The highest BCUT2D eigenvalue weighted by Crippen LogP contribution is 2.48. The molecule has 13 nitrogen and oxygen atoms in total. The molecule has 0 atom stereocenters. The Labute approximate surface area is 297 Å². The molecule has 0 bridgehead atoms. The van der Waals surface area contributed by atoms with Crippen molar-refractivity contribution in [1.82, 2.24) is 34.8 Å². The van der Waals surface area contributed by atoms with Gasteiger partial charge in [0.15, 0.2) is 23.1 Å². The molecule has 1 saturated heterocycles. The third-order valence-electron chi connectivity index (χ3n) is 9.42. The van der Waals surface area contributed by atoms with Crippen LogP contribution in [0.5, 0.6) is 11.5 Å². The Kier molecular flexibility index (Phi) is 9.30. The van der Waals surface area contributed by atoms with Crippen LogP contribution in [0.3, 0.4) is 0 Å². The zero-order chi connectivity index (χ0) is 35.9. The van der Waals surface area contributed by atoms with Gasteiger partial charge in [0.2, 0.25) is 0 Å². The maximum atomic E-state index is 12.6. The molecule has 51 heavy (non-hydrogen) atoms. The molecule has 5 aromatic rings. The van der Waals surface area contributed by atoms with Crippen LogP contribution in [-0.4, -0.2) is 73.8 Å². The Balaban J connectivity index is 1.20. The minimum absolute atomic E-state index is 0.0814. The van der Waals surface area contributed by atoms with E-state index in [-0.39, 0.29) is 24.0 Å². The fraction of sp³-hybridized carbons (Fsp3) is 0.474. The number of nitrogens with one attached hydrogen (secondary N) is 1. The summed E-state index contributed by atoms with van der Waals surface area (Å²) >= 11 is 0. The monoisotopic (exact) mass is 694 g/mol. The van der Waals surface area contributed by atoms with Crippen LogP contribution >= 0.6 is 0 Å². The van der Waals surface area contributed by atoms with Crippen molar-refractivity contribution in [2.45, 2.75) is 90.3 Å². The SMILES string of the molecule is COc1ccc(CNc2nccc3c2c(-c2noc(C4CC4)c2-c2ncc(C4CCN(C(=O)OC(C)(C)C)CC4)cn2)nn3C(C)C)cc1OC. The normalized spacial score (nSPS) is 15.4. The number of fused-ring (bicyclic) bond motifs is 1. The maximum absolute atomic E-state index is 12.6. The number of likely N-dealkylation sites (tertiary alicyclic amines) is 1. The minimum Gasteiger partial charge on any atom is -0.493 e. The average molecular weight is 695 g/mol. The summed E-state index contributed by atoms with van der Waals surface area (Å²) < 4.78 is 24.6. The van der Waals surface area contributed by atoms with E-state index < -0.39 is 5.60 Å². The first-order valence-corrected chi connectivity index (χ1v) is 17.7. The Morgan fingerprint density at radius 3 is 2.33 bits per heavy atom. The molecule has 7 rings (SSSR count). The number of anilines is 1. The summed E-state index contributed by atoms with van der Waals surface area (Å²) in [5.41, 5.74) is 4.50. The van der Waals surface area contributed by atoms with Crippen LogP contribution in [0.15, 0.2) is 47.4 Å². The van der Waals surface area contributed by atoms with Crippen LogP contribution in [0, 0.1) is 0 Å². The van der Waals surface area contributed by atoms with E-state index in [2.05, 4.69) is 24.3 Å². The van der Waals surface area contributed by atoms with E-state index >= 15 is 0 Å². The van der Waals surface area contributed by atoms with Gasteiger partial charge in [0.1, 0.15) is 22.8 Å². The van der Waals surface area contributed by atoms with Gasteiger partial charge in [0.25, 0.3) is 0 Å². The zero-order valence-electron chi connectivity index (χ0n) is 30.4. The smallest absolute Gasteiger partial charge is 0.410 e. The number of ether oxygens (including phenoxy) is 3. The van der Waals surface area contributed by atoms with Crippen LogP contribution in [0.1, 0.15) is 95.1 Å². The second-order valence-electron chi connectivity index (χ2n) is 14.6. The molecule has 1 saturated carbocycles. The first-order valence-electron chi connectivity index (χ1n) is 17.7. The van der Waals surface area contributed by atoms with Crippen molar-refractivity contribution in [3.8, 4) is 34.3 Å². The summed E-state index contributed by atoms with van der Waals surface area (Å²) in [4.78, 5) is 29.0. The van der Waals surface area contributed by atoms with E-state index in [1.54, 1.807) is 25.3 Å². The quantitative estimate of drug-likeness (QED) is 0.153. The Hall–Kier alpha value is -5.20. The van der Waals surface area contributed by atoms with Crippen molar-refractivity contribution >= 4 is 22.8 Å². The molecule has 4 aromatic heterocycles. The molecule has 1 N–H and O–H groups in total. The number of hydrogen-bond donors (Lipinski definition) is 1. The molecule has 0 spiro atoms. The highest BCUT2D eigenvalue weighted by atomic mass is 16.6. The predicted molar refractivity (Wildman–Crippen MR) is 193 cm³/mol. The molecular formula is C38H46N8O5. The van der Waals surface area contributed by atoms with E-state index in [0.29, 0.717) is 54.2 Å². The third kappa shape index (κ3) is 7.06. The highest BCUT2D eigenvalue weighted by molar-refractivity contribution is 6.02. The van der Waals surface area contributed by atoms with Crippen molar-refractivity contribution in [3.05, 3.63) is 59.7 Å². The number of benzene rings is 1. The largest absolute Gasteiger partial charge is 0.493 e. The van der Waals surface area contributed by atoms with Gasteiger partial charge in [-0.1, -0.05) is 11.2 Å². The number of carbonyl (C=O) groups is 1. The van der Waals surface area contributed by atoms with Crippen LogP contribution in [0.2, 0.25) is 0 Å². The molecule has 0 radical (unpaired) electrons. The van der Waals surface area contributed by atoms with Crippen LogP contribution in [-0.2, 0) is 11.3 Å². The average Bonchev–Trinajstić information content (AvgIpc) is 3.75.